The molecule has 0 fully saturated rings. The molecule has 0 aliphatic rings. The summed E-state index contributed by atoms with van der Waals surface area (Å²) in [6.45, 7) is 4.61. The zero-order valence-electron chi connectivity index (χ0n) is 13.7. The van der Waals surface area contributed by atoms with Gasteiger partial charge in [0.05, 0.1) is 6.20 Å². The van der Waals surface area contributed by atoms with Crippen molar-refractivity contribution < 1.29 is 9.53 Å². The van der Waals surface area contributed by atoms with Gasteiger partial charge in [0.1, 0.15) is 5.60 Å². The number of benzene rings is 1. The van der Waals surface area contributed by atoms with Gasteiger partial charge in [-0.15, -0.1) is 5.10 Å². The Labute approximate surface area is 136 Å². The number of rotatable bonds is 8. The molecule has 0 spiro atoms. The first kappa shape index (κ1) is 17.0. The lowest BCUT2D eigenvalue weighted by molar-refractivity contribution is 0.0460. The molecule has 6 nitrogen and oxygen atoms in total. The summed E-state index contributed by atoms with van der Waals surface area (Å²) in [5.41, 5.74) is 6.93. The highest BCUT2D eigenvalue weighted by atomic mass is 16.6. The normalized spacial score (nSPS) is 11.4. The first-order chi connectivity index (χ1) is 10.9. The van der Waals surface area contributed by atoms with E-state index in [-0.39, 0.29) is 0 Å². The molecule has 1 aromatic carbocycles. The third-order valence-corrected chi connectivity index (χ3v) is 3.60. The number of unbranched alkanes of at least 4 members (excludes halogenated alkanes) is 1. The maximum absolute atomic E-state index is 10.9. The lowest BCUT2D eigenvalue weighted by Crippen LogP contribution is -2.33. The van der Waals surface area contributed by atoms with Crippen LogP contribution in [0.25, 0.3) is 0 Å². The zero-order chi connectivity index (χ0) is 16.7. The number of nitrogens with zero attached hydrogens (tertiary/aromatic N) is 3. The lowest BCUT2D eigenvalue weighted by atomic mass is 9.97. The minimum Gasteiger partial charge on any atom is -0.443 e. The van der Waals surface area contributed by atoms with Crippen LogP contribution in [0.5, 0.6) is 0 Å². The minimum atomic E-state index is -0.737. The second-order valence-electron chi connectivity index (χ2n) is 6.30. The molecular formula is C17H24N4O2. The largest absolute Gasteiger partial charge is 0.443 e. The van der Waals surface area contributed by atoms with Crippen molar-refractivity contribution in [3.63, 3.8) is 0 Å². The fourth-order valence-electron chi connectivity index (χ4n) is 2.58. The summed E-state index contributed by atoms with van der Waals surface area (Å²) in [5, 5.41) is 7.74. The van der Waals surface area contributed by atoms with Crippen LogP contribution in [0.1, 0.15) is 37.8 Å². The SMILES string of the molecule is CC(C)(Cc1ccc(CCCCn2ccnn2)cc1)OC(N)=O. The Morgan fingerprint density at radius 3 is 2.52 bits per heavy atom. The summed E-state index contributed by atoms with van der Waals surface area (Å²) in [7, 11) is 0. The molecule has 0 aliphatic heterocycles. The Hall–Kier alpha value is -2.37. The number of hydrogen-bond donors (Lipinski definition) is 1. The Kier molecular flexibility index (Phi) is 5.73. The molecule has 23 heavy (non-hydrogen) atoms. The van der Waals surface area contributed by atoms with E-state index in [0.29, 0.717) is 6.42 Å². The van der Waals surface area contributed by atoms with Gasteiger partial charge in [-0.25, -0.2) is 4.79 Å². The molecule has 124 valence electrons. The van der Waals surface area contributed by atoms with Crippen molar-refractivity contribution in [3.8, 4) is 0 Å². The third-order valence-electron chi connectivity index (χ3n) is 3.60. The van der Waals surface area contributed by atoms with E-state index in [4.69, 9.17) is 10.5 Å². The van der Waals surface area contributed by atoms with Crippen LogP contribution in [-0.2, 0) is 24.1 Å². The van der Waals surface area contributed by atoms with Gasteiger partial charge < -0.3 is 10.5 Å². The number of nitrogens with two attached hydrogens (primary N) is 1. The Morgan fingerprint density at radius 2 is 1.91 bits per heavy atom. The van der Waals surface area contributed by atoms with E-state index in [1.807, 2.05) is 24.7 Å². The van der Waals surface area contributed by atoms with Crippen molar-refractivity contribution in [2.75, 3.05) is 0 Å². The number of carbonyl (C=O) groups is 1. The monoisotopic (exact) mass is 316 g/mol. The van der Waals surface area contributed by atoms with Gasteiger partial charge in [-0.3, -0.25) is 4.68 Å². The number of ether oxygens (including phenoxy) is 1. The predicted octanol–water partition coefficient (Wildman–Crippen LogP) is 2.72. The molecule has 0 saturated carbocycles. The fourth-order valence-corrected chi connectivity index (χ4v) is 2.58. The first-order valence-corrected chi connectivity index (χ1v) is 7.85. The molecule has 6 heteroatoms. The van der Waals surface area contributed by atoms with Gasteiger partial charge in [0.2, 0.25) is 0 Å². The molecule has 0 atom stereocenters. The van der Waals surface area contributed by atoms with E-state index in [1.165, 1.54) is 5.56 Å². The van der Waals surface area contributed by atoms with Crippen molar-refractivity contribution in [1.82, 2.24) is 15.0 Å². The van der Waals surface area contributed by atoms with E-state index in [9.17, 15) is 4.79 Å². The number of carbonyl (C=O) groups excluding carboxylic acids is 1. The fraction of sp³-hybridized carbons (Fsp3) is 0.471. The minimum absolute atomic E-state index is 0.592. The van der Waals surface area contributed by atoms with Gasteiger partial charge in [-0.2, -0.15) is 0 Å². The van der Waals surface area contributed by atoms with Crippen molar-refractivity contribution >= 4 is 6.09 Å². The number of aromatic nitrogens is 3. The molecule has 2 aromatic rings. The summed E-state index contributed by atoms with van der Waals surface area (Å²) < 4.78 is 6.96. The second kappa shape index (κ2) is 7.76. The first-order valence-electron chi connectivity index (χ1n) is 7.85. The van der Waals surface area contributed by atoms with E-state index < -0.39 is 11.7 Å². The molecule has 0 radical (unpaired) electrons. The topological polar surface area (TPSA) is 83.0 Å². The quantitative estimate of drug-likeness (QED) is 0.759. The molecule has 0 bridgehead atoms. The summed E-state index contributed by atoms with van der Waals surface area (Å²) >= 11 is 0. The maximum Gasteiger partial charge on any atom is 0.405 e. The zero-order valence-corrected chi connectivity index (χ0v) is 13.7. The van der Waals surface area contributed by atoms with Crippen LogP contribution in [-0.4, -0.2) is 26.7 Å². The molecule has 0 aliphatic carbocycles. The van der Waals surface area contributed by atoms with Crippen LogP contribution in [0.2, 0.25) is 0 Å². The van der Waals surface area contributed by atoms with Gasteiger partial charge in [0.25, 0.3) is 0 Å². The Bertz CT molecular complexity index is 606. The molecule has 2 N–H and O–H groups in total. The number of hydrogen-bond acceptors (Lipinski definition) is 4. The van der Waals surface area contributed by atoms with Crippen molar-refractivity contribution in [2.24, 2.45) is 5.73 Å². The average Bonchev–Trinajstić information content (AvgIpc) is 2.96. The van der Waals surface area contributed by atoms with Crippen LogP contribution in [0.3, 0.4) is 0 Å². The second-order valence-corrected chi connectivity index (χ2v) is 6.30. The number of aryl methyl sites for hydroxylation is 2. The molecular weight excluding hydrogens is 292 g/mol. The van der Waals surface area contributed by atoms with E-state index >= 15 is 0 Å². The van der Waals surface area contributed by atoms with Crippen molar-refractivity contribution in [3.05, 3.63) is 47.8 Å². The molecule has 0 saturated heterocycles. The highest BCUT2D eigenvalue weighted by molar-refractivity contribution is 5.65. The van der Waals surface area contributed by atoms with Gasteiger partial charge in [-0.1, -0.05) is 29.5 Å². The summed E-state index contributed by atoms with van der Waals surface area (Å²) in [5.74, 6) is 0. The van der Waals surface area contributed by atoms with Crippen molar-refractivity contribution in [1.29, 1.82) is 0 Å². The molecule has 2 rings (SSSR count). The standard InChI is InChI=1S/C17H24N4O2/c1-17(2,23-16(18)22)13-15-8-6-14(7-9-15)5-3-4-11-21-12-10-19-20-21/h6-10,12H,3-5,11,13H2,1-2H3,(H2,18,22). The summed E-state index contributed by atoms with van der Waals surface area (Å²) in [6, 6.07) is 8.42. The number of primary amides is 1. The lowest BCUT2D eigenvalue weighted by Gasteiger charge is -2.24. The average molecular weight is 316 g/mol. The highest BCUT2D eigenvalue weighted by Gasteiger charge is 2.22. The van der Waals surface area contributed by atoms with Crippen LogP contribution >= 0.6 is 0 Å². The van der Waals surface area contributed by atoms with E-state index in [1.54, 1.807) is 6.20 Å². The van der Waals surface area contributed by atoms with Gasteiger partial charge in [0.15, 0.2) is 0 Å². The molecule has 0 unspecified atom stereocenters. The van der Waals surface area contributed by atoms with Crippen LogP contribution in [0.15, 0.2) is 36.7 Å². The molecule has 1 aromatic heterocycles. The van der Waals surface area contributed by atoms with Crippen LogP contribution < -0.4 is 5.73 Å². The maximum atomic E-state index is 10.9. The third kappa shape index (κ3) is 6.10. The Morgan fingerprint density at radius 1 is 1.22 bits per heavy atom. The van der Waals surface area contributed by atoms with Crippen LogP contribution in [0.4, 0.5) is 4.79 Å². The highest BCUT2D eigenvalue weighted by Crippen LogP contribution is 2.18. The summed E-state index contributed by atoms with van der Waals surface area (Å²) in [6.07, 6.45) is 6.70. The van der Waals surface area contributed by atoms with E-state index in [0.717, 1.165) is 31.4 Å². The van der Waals surface area contributed by atoms with Gasteiger partial charge in [-0.05, 0) is 44.2 Å². The van der Waals surface area contributed by atoms with Crippen LogP contribution in [0, 0.1) is 0 Å². The molecule has 1 heterocycles. The predicted molar refractivity (Wildman–Crippen MR) is 87.9 cm³/mol. The molecule has 1 amide bonds. The van der Waals surface area contributed by atoms with Gasteiger partial charge in [0, 0.05) is 19.2 Å². The van der Waals surface area contributed by atoms with E-state index in [2.05, 4.69) is 34.6 Å². The van der Waals surface area contributed by atoms with Crippen molar-refractivity contribution in [2.45, 2.75) is 51.7 Å². The van der Waals surface area contributed by atoms with Gasteiger partial charge >= 0.3 is 6.09 Å². The Balaban J connectivity index is 1.76. The number of amides is 1. The summed E-state index contributed by atoms with van der Waals surface area (Å²) in [4.78, 5) is 10.9. The smallest absolute Gasteiger partial charge is 0.405 e.